The highest BCUT2D eigenvalue weighted by molar-refractivity contribution is 5.97. The highest BCUT2D eigenvalue weighted by Gasteiger charge is 2.13. The van der Waals surface area contributed by atoms with Gasteiger partial charge < -0.3 is 24.8 Å². The van der Waals surface area contributed by atoms with Crippen LogP contribution in [0.4, 0.5) is 0 Å². The summed E-state index contributed by atoms with van der Waals surface area (Å²) in [6, 6.07) is 14.4. The average Bonchev–Trinajstić information content (AvgIpc) is 2.80. The van der Waals surface area contributed by atoms with Crippen molar-refractivity contribution in [3.63, 3.8) is 0 Å². The van der Waals surface area contributed by atoms with Crippen molar-refractivity contribution in [1.82, 2.24) is 10.6 Å². The minimum Gasteiger partial charge on any atom is -0.490 e. The van der Waals surface area contributed by atoms with Gasteiger partial charge in [-0.1, -0.05) is 37.1 Å². The molecule has 2 amide bonds. The summed E-state index contributed by atoms with van der Waals surface area (Å²) < 4.78 is 17.1. The van der Waals surface area contributed by atoms with Crippen molar-refractivity contribution in [3.05, 3.63) is 59.7 Å². The Morgan fingerprint density at radius 3 is 1.52 bits per heavy atom. The molecule has 7 nitrogen and oxygen atoms in total. The fourth-order valence-electron chi connectivity index (χ4n) is 3.28. The third kappa shape index (κ3) is 7.29. The molecule has 7 heteroatoms. The Morgan fingerprint density at radius 2 is 1.03 bits per heavy atom. The van der Waals surface area contributed by atoms with Gasteiger partial charge >= 0.3 is 0 Å². The van der Waals surface area contributed by atoms with Gasteiger partial charge in [-0.05, 0) is 37.1 Å². The Morgan fingerprint density at radius 1 is 0.581 bits per heavy atom. The number of benzene rings is 2. The number of para-hydroxylation sites is 2. The molecular weight excluding hydrogens is 396 g/mol. The first-order valence-electron chi connectivity index (χ1n) is 10.8. The monoisotopic (exact) mass is 426 g/mol. The second-order valence-corrected chi connectivity index (χ2v) is 7.23. The zero-order valence-corrected chi connectivity index (χ0v) is 17.7. The lowest BCUT2D eigenvalue weighted by molar-refractivity contribution is 0.0749. The van der Waals surface area contributed by atoms with Crippen LogP contribution < -0.4 is 20.1 Å². The first-order chi connectivity index (χ1) is 15.3. The first-order valence-corrected chi connectivity index (χ1v) is 10.8. The topological polar surface area (TPSA) is 85.9 Å². The van der Waals surface area contributed by atoms with Gasteiger partial charge in [0.25, 0.3) is 11.8 Å². The van der Waals surface area contributed by atoms with E-state index < -0.39 is 0 Å². The van der Waals surface area contributed by atoms with Crippen molar-refractivity contribution in [1.29, 1.82) is 0 Å². The van der Waals surface area contributed by atoms with Gasteiger partial charge in [0, 0.05) is 13.1 Å². The predicted octanol–water partition coefficient (Wildman–Crippen LogP) is 3.19. The summed E-state index contributed by atoms with van der Waals surface area (Å²) in [5.74, 6) is 0.815. The van der Waals surface area contributed by atoms with Gasteiger partial charge in [0.05, 0.1) is 24.3 Å². The fraction of sp³-hybridized carbons (Fsp3) is 0.417. The zero-order chi connectivity index (χ0) is 21.7. The lowest BCUT2D eigenvalue weighted by atomic mass is 10.1. The van der Waals surface area contributed by atoms with Crippen LogP contribution in [0, 0.1) is 0 Å². The van der Waals surface area contributed by atoms with Gasteiger partial charge in [-0.25, -0.2) is 0 Å². The standard InChI is InChI=1S/C24H30N2O5/c27-23-19-9-3-5-11-21(19)30-17-15-29-16-18-31-22-12-6-4-10-20(22)24(28)26-14-8-2-1-7-13-25-23/h3-6,9-12H,1-2,7-8,13-18H2,(H,25,27)(H,26,28). The normalized spacial score (nSPS) is 17.4. The predicted molar refractivity (Wildman–Crippen MR) is 118 cm³/mol. The van der Waals surface area contributed by atoms with E-state index in [0.29, 0.717) is 62.1 Å². The summed E-state index contributed by atoms with van der Waals surface area (Å²) >= 11 is 0. The molecule has 0 bridgehead atoms. The number of rotatable bonds is 0. The molecule has 31 heavy (non-hydrogen) atoms. The molecule has 0 radical (unpaired) electrons. The lowest BCUT2D eigenvalue weighted by Crippen LogP contribution is -2.25. The molecule has 1 heterocycles. The minimum absolute atomic E-state index is 0.138. The van der Waals surface area contributed by atoms with Gasteiger partial charge in [-0.2, -0.15) is 0 Å². The molecule has 0 unspecified atom stereocenters. The van der Waals surface area contributed by atoms with Gasteiger partial charge in [-0.3, -0.25) is 9.59 Å². The largest absolute Gasteiger partial charge is 0.490 e. The van der Waals surface area contributed by atoms with Crippen LogP contribution in [0.2, 0.25) is 0 Å². The van der Waals surface area contributed by atoms with E-state index >= 15 is 0 Å². The maximum atomic E-state index is 12.5. The molecule has 0 saturated carbocycles. The maximum Gasteiger partial charge on any atom is 0.255 e. The van der Waals surface area contributed by atoms with E-state index in [1.165, 1.54) is 0 Å². The highest BCUT2D eigenvalue weighted by atomic mass is 16.5. The Labute approximate surface area is 183 Å². The number of carbonyl (C=O) groups excluding carboxylic acids is 2. The van der Waals surface area contributed by atoms with E-state index in [1.807, 2.05) is 24.3 Å². The molecule has 0 aliphatic carbocycles. The molecule has 0 aromatic heterocycles. The summed E-state index contributed by atoms with van der Waals surface area (Å²) in [5, 5.41) is 5.90. The van der Waals surface area contributed by atoms with Crippen LogP contribution in [-0.2, 0) is 4.74 Å². The van der Waals surface area contributed by atoms with Crippen molar-refractivity contribution in [2.24, 2.45) is 0 Å². The number of carbonyl (C=O) groups is 2. The lowest BCUT2D eigenvalue weighted by Gasteiger charge is -2.13. The van der Waals surface area contributed by atoms with Gasteiger partial charge in [-0.15, -0.1) is 0 Å². The second kappa shape index (κ2) is 12.6. The van der Waals surface area contributed by atoms with Gasteiger partial charge in [0.15, 0.2) is 0 Å². The molecule has 0 fully saturated rings. The van der Waals surface area contributed by atoms with Crippen LogP contribution in [0.1, 0.15) is 46.4 Å². The smallest absolute Gasteiger partial charge is 0.255 e. The summed E-state index contributed by atoms with van der Waals surface area (Å²) in [7, 11) is 0. The summed E-state index contributed by atoms with van der Waals surface area (Å²) in [6.07, 6.45) is 3.72. The number of hydrogen-bond donors (Lipinski definition) is 2. The Balaban J connectivity index is 1.59. The van der Waals surface area contributed by atoms with Crippen molar-refractivity contribution >= 4 is 11.8 Å². The van der Waals surface area contributed by atoms with Crippen molar-refractivity contribution in [2.45, 2.75) is 25.7 Å². The molecule has 0 spiro atoms. The summed E-state index contributed by atoms with van der Waals surface area (Å²) in [6.45, 7) is 2.58. The van der Waals surface area contributed by atoms with Crippen molar-refractivity contribution in [2.75, 3.05) is 39.5 Å². The summed E-state index contributed by atoms with van der Waals surface area (Å²) in [5.41, 5.74) is 1.05. The summed E-state index contributed by atoms with van der Waals surface area (Å²) in [4.78, 5) is 25.0. The van der Waals surface area contributed by atoms with E-state index in [4.69, 9.17) is 14.2 Å². The van der Waals surface area contributed by atoms with E-state index in [2.05, 4.69) is 10.6 Å². The third-order valence-electron chi connectivity index (χ3n) is 4.91. The van der Waals surface area contributed by atoms with Crippen LogP contribution in [0.5, 0.6) is 11.5 Å². The van der Waals surface area contributed by atoms with Crippen molar-refractivity contribution in [3.8, 4) is 11.5 Å². The molecule has 1 aliphatic rings. The quantitative estimate of drug-likeness (QED) is 0.676. The molecule has 2 aromatic carbocycles. The molecule has 1 aliphatic heterocycles. The SMILES string of the molecule is O=C1NCCCCCCNC(=O)c2ccccc2OCCOCCOc2ccccc21. The Hall–Kier alpha value is -3.06. The number of nitrogens with one attached hydrogen (secondary N) is 2. The van der Waals surface area contributed by atoms with Crippen LogP contribution in [0.15, 0.2) is 48.5 Å². The van der Waals surface area contributed by atoms with E-state index in [0.717, 1.165) is 25.7 Å². The molecule has 0 saturated heterocycles. The molecule has 2 aromatic rings. The zero-order valence-electron chi connectivity index (χ0n) is 17.7. The third-order valence-corrected chi connectivity index (χ3v) is 4.91. The average molecular weight is 427 g/mol. The Bertz CT molecular complexity index is 786. The molecular formula is C24H30N2O5. The minimum atomic E-state index is -0.138. The molecule has 3 rings (SSSR count). The fourth-order valence-corrected chi connectivity index (χ4v) is 3.28. The first kappa shape index (κ1) is 22.6. The van der Waals surface area contributed by atoms with Crippen LogP contribution >= 0.6 is 0 Å². The Kier molecular flexibility index (Phi) is 9.19. The van der Waals surface area contributed by atoms with Gasteiger partial charge in [0.1, 0.15) is 24.7 Å². The van der Waals surface area contributed by atoms with E-state index in [-0.39, 0.29) is 11.8 Å². The number of hydrogen-bond acceptors (Lipinski definition) is 5. The van der Waals surface area contributed by atoms with Crippen LogP contribution in [0.25, 0.3) is 0 Å². The van der Waals surface area contributed by atoms with E-state index in [1.54, 1.807) is 24.3 Å². The molecule has 0 atom stereocenters. The van der Waals surface area contributed by atoms with Crippen molar-refractivity contribution < 1.29 is 23.8 Å². The number of amides is 2. The highest BCUT2D eigenvalue weighted by Crippen LogP contribution is 2.19. The number of ether oxygens (including phenoxy) is 3. The van der Waals surface area contributed by atoms with Crippen LogP contribution in [-0.4, -0.2) is 51.3 Å². The second-order valence-electron chi connectivity index (χ2n) is 7.23. The molecule has 166 valence electrons. The maximum absolute atomic E-state index is 12.5. The number of fused-ring (bicyclic) bond motifs is 2. The molecule has 2 N–H and O–H groups in total. The van der Waals surface area contributed by atoms with Crippen LogP contribution in [0.3, 0.4) is 0 Å². The van der Waals surface area contributed by atoms with Gasteiger partial charge in [0.2, 0.25) is 0 Å². The van der Waals surface area contributed by atoms with E-state index in [9.17, 15) is 9.59 Å².